The number of nitrogens with zero attached hydrogens (tertiary/aromatic N) is 3. The molecule has 1 saturated carbocycles. The van der Waals surface area contributed by atoms with Gasteiger partial charge >= 0.3 is 12.1 Å². The summed E-state index contributed by atoms with van der Waals surface area (Å²) in [6.45, 7) is 8.19. The van der Waals surface area contributed by atoms with Gasteiger partial charge in [-0.25, -0.2) is 9.78 Å². The van der Waals surface area contributed by atoms with Crippen molar-refractivity contribution in [1.29, 1.82) is 0 Å². The number of pyridine rings is 1. The summed E-state index contributed by atoms with van der Waals surface area (Å²) in [5, 5.41) is 11.2. The molecule has 182 valence electrons. The average Bonchev–Trinajstić information content (AvgIpc) is 3.30. The Bertz CT molecular complexity index is 902. The summed E-state index contributed by atoms with van der Waals surface area (Å²) in [7, 11) is 0. The number of aryl methyl sites for hydroxylation is 2. The fourth-order valence-electron chi connectivity index (χ4n) is 4.33. The minimum absolute atomic E-state index is 0.105. The molecule has 2 atom stereocenters. The molecule has 0 amide bonds. The van der Waals surface area contributed by atoms with Crippen LogP contribution >= 0.6 is 0 Å². The van der Waals surface area contributed by atoms with Gasteiger partial charge in [-0.05, 0) is 39.2 Å². The molecular weight excluding hydrogens is 443 g/mol. The number of hydrogen-bond donors (Lipinski definition) is 1. The first-order valence-electron chi connectivity index (χ1n) is 10.7. The van der Waals surface area contributed by atoms with Crippen molar-refractivity contribution < 1.29 is 37.1 Å². The third kappa shape index (κ3) is 6.44. The summed E-state index contributed by atoms with van der Waals surface area (Å²) >= 11 is 0. The summed E-state index contributed by atoms with van der Waals surface area (Å²) < 4.78 is 49.4. The largest absolute Gasteiger partial charge is 0.490 e. The Hall–Kier alpha value is -2.66. The number of aromatic nitrogens is 2. The van der Waals surface area contributed by atoms with E-state index in [1.54, 1.807) is 6.20 Å². The van der Waals surface area contributed by atoms with Crippen LogP contribution in [0.1, 0.15) is 36.3 Å². The smallest absolute Gasteiger partial charge is 0.477 e. The molecule has 0 aromatic carbocycles. The molecule has 11 heteroatoms. The maximum Gasteiger partial charge on any atom is 0.490 e. The van der Waals surface area contributed by atoms with Crippen LogP contribution < -0.4 is 4.74 Å². The third-order valence-electron chi connectivity index (χ3n) is 6.06. The number of ether oxygens (including phenoxy) is 2. The number of hydrogen-bond acceptors (Lipinski definition) is 7. The highest BCUT2D eigenvalue weighted by Gasteiger charge is 2.47. The van der Waals surface area contributed by atoms with E-state index >= 15 is 0 Å². The number of rotatable bonds is 5. The summed E-state index contributed by atoms with van der Waals surface area (Å²) in [4.78, 5) is 15.6. The first-order chi connectivity index (χ1) is 15.6. The van der Waals surface area contributed by atoms with Gasteiger partial charge in [0.1, 0.15) is 5.76 Å². The van der Waals surface area contributed by atoms with Crippen LogP contribution in [0.3, 0.4) is 0 Å². The number of carboxylic acid groups (broad SMARTS) is 1. The van der Waals surface area contributed by atoms with Gasteiger partial charge in [-0.15, -0.1) is 0 Å². The van der Waals surface area contributed by atoms with Gasteiger partial charge in [0.05, 0.1) is 24.5 Å². The fraction of sp³-hybridized carbons (Fsp3) is 0.591. The van der Waals surface area contributed by atoms with Crippen LogP contribution in [0, 0.1) is 19.8 Å². The van der Waals surface area contributed by atoms with Gasteiger partial charge in [0.2, 0.25) is 5.88 Å². The molecule has 0 unspecified atom stereocenters. The van der Waals surface area contributed by atoms with E-state index < -0.39 is 12.1 Å². The maximum absolute atomic E-state index is 10.6. The topological polar surface area (TPSA) is 97.9 Å². The lowest BCUT2D eigenvalue weighted by Gasteiger charge is -2.44. The van der Waals surface area contributed by atoms with Crippen molar-refractivity contribution in [3.63, 3.8) is 0 Å². The van der Waals surface area contributed by atoms with Gasteiger partial charge in [0.15, 0.2) is 0 Å². The van der Waals surface area contributed by atoms with E-state index in [0.717, 1.165) is 50.5 Å². The molecule has 8 nitrogen and oxygen atoms in total. The first-order valence-corrected chi connectivity index (χ1v) is 10.7. The second-order valence-corrected chi connectivity index (χ2v) is 8.30. The Balaban J connectivity index is 0.000000383. The van der Waals surface area contributed by atoms with E-state index in [9.17, 15) is 13.2 Å². The summed E-state index contributed by atoms with van der Waals surface area (Å²) in [6.07, 6.45) is 0.116. The van der Waals surface area contributed by atoms with Crippen LogP contribution in [-0.4, -0.2) is 64.2 Å². The van der Waals surface area contributed by atoms with Crippen LogP contribution in [0.15, 0.2) is 28.9 Å². The van der Waals surface area contributed by atoms with E-state index in [2.05, 4.69) is 15.0 Å². The van der Waals surface area contributed by atoms with E-state index in [1.165, 1.54) is 12.0 Å². The molecule has 33 heavy (non-hydrogen) atoms. The van der Waals surface area contributed by atoms with Crippen LogP contribution in [0.4, 0.5) is 13.2 Å². The monoisotopic (exact) mass is 471 g/mol. The molecule has 2 aromatic heterocycles. The number of carboxylic acids is 1. The number of halogens is 3. The summed E-state index contributed by atoms with van der Waals surface area (Å²) in [6, 6.07) is 5.77. The van der Waals surface area contributed by atoms with Crippen molar-refractivity contribution in [2.24, 2.45) is 5.92 Å². The van der Waals surface area contributed by atoms with Crippen molar-refractivity contribution in [3.05, 3.63) is 41.4 Å². The molecule has 2 aromatic rings. The van der Waals surface area contributed by atoms with E-state index in [0.29, 0.717) is 18.4 Å². The standard InChI is InChI=1S/C20H27N3O3.C2HF3O2/c1-15-18(16(2)26-22-15)12-23-10-11-25-20(14-23)8-5-6-17(20)13-24-19-7-3-4-9-21-19;3-2(4,5)1(6)7/h3-4,7,9,17H,5-6,8,10-14H2,1-2H3;(H,6,7)/t17-,20+;/m0./s1. The second-order valence-electron chi connectivity index (χ2n) is 8.30. The van der Waals surface area contributed by atoms with Gasteiger partial charge in [-0.3, -0.25) is 4.90 Å². The van der Waals surface area contributed by atoms with Crippen LogP contribution in [0.5, 0.6) is 5.88 Å². The van der Waals surface area contributed by atoms with E-state index in [1.807, 2.05) is 32.0 Å². The Labute approximate surface area is 189 Å². The Morgan fingerprint density at radius 3 is 2.73 bits per heavy atom. The average molecular weight is 471 g/mol. The van der Waals surface area contributed by atoms with Crippen LogP contribution in [-0.2, 0) is 16.1 Å². The van der Waals surface area contributed by atoms with Crippen molar-refractivity contribution in [3.8, 4) is 5.88 Å². The first kappa shape index (κ1) is 25.0. The Morgan fingerprint density at radius 1 is 1.36 bits per heavy atom. The summed E-state index contributed by atoms with van der Waals surface area (Å²) in [5.41, 5.74) is 2.09. The summed E-state index contributed by atoms with van der Waals surface area (Å²) in [5.74, 6) is -0.744. The highest BCUT2D eigenvalue weighted by atomic mass is 19.4. The zero-order chi connectivity index (χ0) is 24.1. The molecular formula is C22H28F3N3O5. The van der Waals surface area contributed by atoms with Gasteiger partial charge in [0.25, 0.3) is 0 Å². The molecule has 1 aliphatic carbocycles. The van der Waals surface area contributed by atoms with E-state index in [-0.39, 0.29) is 5.60 Å². The lowest BCUT2D eigenvalue weighted by molar-refractivity contribution is -0.192. The molecule has 0 radical (unpaired) electrons. The van der Waals surface area contributed by atoms with Gasteiger partial charge in [0, 0.05) is 43.4 Å². The van der Waals surface area contributed by atoms with Crippen molar-refractivity contribution in [1.82, 2.24) is 15.0 Å². The third-order valence-corrected chi connectivity index (χ3v) is 6.06. The van der Waals surface area contributed by atoms with Crippen molar-refractivity contribution >= 4 is 5.97 Å². The molecule has 1 aliphatic heterocycles. The van der Waals surface area contributed by atoms with Gasteiger partial charge in [-0.2, -0.15) is 13.2 Å². The van der Waals surface area contributed by atoms with Crippen molar-refractivity contribution in [2.75, 3.05) is 26.3 Å². The highest BCUT2D eigenvalue weighted by molar-refractivity contribution is 5.73. The molecule has 3 heterocycles. The van der Waals surface area contributed by atoms with Crippen LogP contribution in [0.2, 0.25) is 0 Å². The quantitative estimate of drug-likeness (QED) is 0.704. The van der Waals surface area contributed by atoms with Crippen LogP contribution in [0.25, 0.3) is 0 Å². The second kappa shape index (κ2) is 10.5. The molecule has 1 N–H and O–H groups in total. The predicted molar refractivity (Wildman–Crippen MR) is 111 cm³/mol. The lowest BCUT2D eigenvalue weighted by Crippen LogP contribution is -2.54. The maximum atomic E-state index is 10.6. The fourth-order valence-corrected chi connectivity index (χ4v) is 4.33. The van der Waals surface area contributed by atoms with E-state index in [4.69, 9.17) is 23.9 Å². The number of alkyl halides is 3. The molecule has 4 rings (SSSR count). The molecule has 1 spiro atoms. The Kier molecular flexibility index (Phi) is 7.96. The lowest BCUT2D eigenvalue weighted by atomic mass is 9.89. The normalized spacial score (nSPS) is 23.2. The minimum Gasteiger partial charge on any atom is -0.477 e. The minimum atomic E-state index is -5.08. The van der Waals surface area contributed by atoms with Gasteiger partial charge < -0.3 is 19.1 Å². The number of aliphatic carboxylic acids is 1. The molecule has 2 aliphatic rings. The zero-order valence-electron chi connectivity index (χ0n) is 18.6. The Morgan fingerprint density at radius 2 is 2.12 bits per heavy atom. The number of carbonyl (C=O) groups is 1. The predicted octanol–water partition coefficient (Wildman–Crippen LogP) is 3.77. The number of morpholine rings is 1. The van der Waals surface area contributed by atoms with Gasteiger partial charge in [-0.1, -0.05) is 11.2 Å². The molecule has 0 bridgehead atoms. The zero-order valence-corrected chi connectivity index (χ0v) is 18.6. The highest BCUT2D eigenvalue weighted by Crippen LogP contribution is 2.41. The molecule has 1 saturated heterocycles. The van der Waals surface area contributed by atoms with Crippen molar-refractivity contribution in [2.45, 2.75) is 51.4 Å². The SMILES string of the molecule is Cc1noc(C)c1CN1CCO[C@]2(CCC[C@H]2COc2ccccn2)C1.O=C(O)C(F)(F)F. The molecule has 2 fully saturated rings.